The molecule has 3 nitrogen and oxygen atoms in total. The van der Waals surface area contributed by atoms with Gasteiger partial charge in [0, 0.05) is 6.04 Å². The molecule has 1 fully saturated rings. The molecule has 0 aromatic heterocycles. The number of esters is 1. The van der Waals surface area contributed by atoms with Crippen LogP contribution in [0.25, 0.3) is 0 Å². The lowest BCUT2D eigenvalue weighted by Crippen LogP contribution is -2.51. The Morgan fingerprint density at radius 1 is 1.32 bits per heavy atom. The molecule has 0 aliphatic heterocycles. The van der Waals surface area contributed by atoms with Crippen LogP contribution in [0.1, 0.15) is 45.1 Å². The lowest BCUT2D eigenvalue weighted by Gasteiger charge is -2.32. The first-order chi connectivity index (χ1) is 9.16. The molecular formula is C16H23NO2. The van der Waals surface area contributed by atoms with Crippen molar-refractivity contribution < 1.29 is 9.53 Å². The summed E-state index contributed by atoms with van der Waals surface area (Å²) in [6.07, 6.45) is 4.76. The van der Waals surface area contributed by atoms with Crippen molar-refractivity contribution in [3.8, 4) is 0 Å². The Labute approximate surface area is 115 Å². The fourth-order valence-electron chi connectivity index (χ4n) is 2.79. The Hall–Kier alpha value is -1.35. The normalized spacial score (nSPS) is 19.1. The standard InChI is InChI=1S/C16H23NO2/c1-3-19-15(18)16(2,13-9-5-4-6-10-13)17-14-11-7-8-12-14/h4-6,9-10,14,17H,3,7-8,11-12H2,1-2H3. The highest BCUT2D eigenvalue weighted by molar-refractivity contribution is 5.82. The van der Waals surface area contributed by atoms with Crippen LogP contribution in [0.3, 0.4) is 0 Å². The molecule has 1 aliphatic rings. The van der Waals surface area contributed by atoms with Gasteiger partial charge in [0.1, 0.15) is 5.54 Å². The second-order valence-electron chi connectivity index (χ2n) is 5.34. The Kier molecular flexibility index (Phi) is 4.59. The zero-order chi connectivity index (χ0) is 13.7. The van der Waals surface area contributed by atoms with Gasteiger partial charge in [-0.3, -0.25) is 5.32 Å². The van der Waals surface area contributed by atoms with Gasteiger partial charge in [0.05, 0.1) is 6.61 Å². The summed E-state index contributed by atoms with van der Waals surface area (Å²) in [5.41, 5.74) is 0.229. The molecule has 0 radical (unpaired) electrons. The molecule has 0 amide bonds. The lowest BCUT2D eigenvalue weighted by molar-refractivity contribution is -0.151. The van der Waals surface area contributed by atoms with Crippen molar-refractivity contribution in [1.82, 2.24) is 5.32 Å². The van der Waals surface area contributed by atoms with E-state index in [1.54, 1.807) is 0 Å². The third kappa shape index (κ3) is 3.16. The van der Waals surface area contributed by atoms with Crippen LogP contribution in [-0.2, 0) is 15.1 Å². The van der Waals surface area contributed by atoms with E-state index in [9.17, 15) is 4.79 Å². The number of hydrogen-bond donors (Lipinski definition) is 1. The number of rotatable bonds is 5. The molecule has 1 atom stereocenters. The number of ether oxygens (including phenoxy) is 1. The topological polar surface area (TPSA) is 38.3 Å². The van der Waals surface area contributed by atoms with Crippen molar-refractivity contribution in [1.29, 1.82) is 0 Å². The van der Waals surface area contributed by atoms with Crippen molar-refractivity contribution in [3.63, 3.8) is 0 Å². The molecule has 1 unspecified atom stereocenters. The van der Waals surface area contributed by atoms with E-state index in [1.807, 2.05) is 44.2 Å². The van der Waals surface area contributed by atoms with Crippen LogP contribution in [0.5, 0.6) is 0 Å². The fourth-order valence-corrected chi connectivity index (χ4v) is 2.79. The molecule has 0 heterocycles. The van der Waals surface area contributed by atoms with Gasteiger partial charge in [-0.15, -0.1) is 0 Å². The van der Waals surface area contributed by atoms with Gasteiger partial charge in [-0.25, -0.2) is 4.79 Å². The van der Waals surface area contributed by atoms with Gasteiger partial charge in [0.25, 0.3) is 0 Å². The molecule has 0 bridgehead atoms. The molecule has 1 aromatic rings. The van der Waals surface area contributed by atoms with Gasteiger partial charge in [0.2, 0.25) is 0 Å². The van der Waals surface area contributed by atoms with Crippen LogP contribution in [-0.4, -0.2) is 18.6 Å². The highest BCUT2D eigenvalue weighted by atomic mass is 16.5. The van der Waals surface area contributed by atoms with E-state index in [1.165, 1.54) is 12.8 Å². The zero-order valence-corrected chi connectivity index (χ0v) is 11.8. The van der Waals surface area contributed by atoms with Crippen molar-refractivity contribution >= 4 is 5.97 Å². The number of carbonyl (C=O) groups is 1. The van der Waals surface area contributed by atoms with Gasteiger partial charge in [-0.2, -0.15) is 0 Å². The average Bonchev–Trinajstić information content (AvgIpc) is 2.92. The molecule has 1 N–H and O–H groups in total. The second kappa shape index (κ2) is 6.20. The van der Waals surface area contributed by atoms with E-state index in [0.29, 0.717) is 12.6 Å². The van der Waals surface area contributed by atoms with Crippen molar-refractivity contribution in [2.45, 2.75) is 51.1 Å². The summed E-state index contributed by atoms with van der Waals surface area (Å²) in [6, 6.07) is 10.3. The summed E-state index contributed by atoms with van der Waals surface area (Å²) in [6.45, 7) is 4.19. The predicted molar refractivity (Wildman–Crippen MR) is 75.8 cm³/mol. The van der Waals surface area contributed by atoms with E-state index >= 15 is 0 Å². The van der Waals surface area contributed by atoms with Crippen molar-refractivity contribution in [2.24, 2.45) is 0 Å². The van der Waals surface area contributed by atoms with Gasteiger partial charge in [0.15, 0.2) is 0 Å². The number of nitrogens with one attached hydrogen (secondary N) is 1. The molecule has 1 aromatic carbocycles. The molecule has 1 aliphatic carbocycles. The molecule has 1 saturated carbocycles. The Morgan fingerprint density at radius 2 is 1.95 bits per heavy atom. The maximum absolute atomic E-state index is 12.4. The first kappa shape index (κ1) is 14.1. The first-order valence-electron chi connectivity index (χ1n) is 7.17. The molecule has 2 rings (SSSR count). The van der Waals surface area contributed by atoms with E-state index in [2.05, 4.69) is 5.32 Å². The average molecular weight is 261 g/mol. The van der Waals surface area contributed by atoms with Gasteiger partial charge in [-0.1, -0.05) is 43.2 Å². The molecule has 0 saturated heterocycles. The number of carbonyl (C=O) groups excluding carboxylic acids is 1. The SMILES string of the molecule is CCOC(=O)C(C)(NC1CCCC1)c1ccccc1. The van der Waals surface area contributed by atoms with Crippen LogP contribution in [0.15, 0.2) is 30.3 Å². The second-order valence-corrected chi connectivity index (χ2v) is 5.34. The van der Waals surface area contributed by atoms with Crippen LogP contribution < -0.4 is 5.32 Å². The molecular weight excluding hydrogens is 238 g/mol. The molecule has 3 heteroatoms. The van der Waals surface area contributed by atoms with E-state index < -0.39 is 5.54 Å². The Morgan fingerprint density at radius 3 is 2.53 bits per heavy atom. The van der Waals surface area contributed by atoms with Crippen LogP contribution in [0, 0.1) is 0 Å². The van der Waals surface area contributed by atoms with Crippen LogP contribution in [0.4, 0.5) is 0 Å². The van der Waals surface area contributed by atoms with E-state index in [-0.39, 0.29) is 5.97 Å². The maximum Gasteiger partial charge on any atom is 0.330 e. The highest BCUT2D eigenvalue weighted by Crippen LogP contribution is 2.27. The minimum absolute atomic E-state index is 0.187. The summed E-state index contributed by atoms with van der Waals surface area (Å²) >= 11 is 0. The minimum Gasteiger partial charge on any atom is -0.464 e. The number of hydrogen-bond acceptors (Lipinski definition) is 3. The largest absolute Gasteiger partial charge is 0.464 e. The van der Waals surface area contributed by atoms with Crippen LogP contribution >= 0.6 is 0 Å². The lowest BCUT2D eigenvalue weighted by atomic mass is 9.90. The summed E-state index contributed by atoms with van der Waals surface area (Å²) in [7, 11) is 0. The zero-order valence-electron chi connectivity index (χ0n) is 11.8. The summed E-state index contributed by atoms with van der Waals surface area (Å²) in [4.78, 5) is 12.4. The molecule has 0 spiro atoms. The van der Waals surface area contributed by atoms with Gasteiger partial charge >= 0.3 is 5.97 Å². The van der Waals surface area contributed by atoms with E-state index in [0.717, 1.165) is 18.4 Å². The van der Waals surface area contributed by atoms with Gasteiger partial charge < -0.3 is 4.74 Å². The van der Waals surface area contributed by atoms with Crippen molar-refractivity contribution in [3.05, 3.63) is 35.9 Å². The summed E-state index contributed by atoms with van der Waals surface area (Å²) in [5.74, 6) is -0.187. The maximum atomic E-state index is 12.4. The fraction of sp³-hybridized carbons (Fsp3) is 0.562. The monoisotopic (exact) mass is 261 g/mol. The summed E-state index contributed by atoms with van der Waals surface area (Å²) < 4.78 is 5.27. The first-order valence-corrected chi connectivity index (χ1v) is 7.17. The minimum atomic E-state index is -0.744. The van der Waals surface area contributed by atoms with Crippen molar-refractivity contribution in [2.75, 3.05) is 6.61 Å². The van der Waals surface area contributed by atoms with E-state index in [4.69, 9.17) is 4.74 Å². The quantitative estimate of drug-likeness (QED) is 0.828. The number of benzene rings is 1. The third-order valence-corrected chi connectivity index (χ3v) is 3.88. The Balaban J connectivity index is 2.23. The predicted octanol–water partition coefficient (Wildman–Crippen LogP) is 3.00. The third-order valence-electron chi connectivity index (χ3n) is 3.88. The smallest absolute Gasteiger partial charge is 0.330 e. The highest BCUT2D eigenvalue weighted by Gasteiger charge is 2.38. The summed E-state index contributed by atoms with van der Waals surface area (Å²) in [5, 5.41) is 3.52. The van der Waals surface area contributed by atoms with Crippen LogP contribution in [0.2, 0.25) is 0 Å². The molecule has 104 valence electrons. The molecule has 19 heavy (non-hydrogen) atoms. The Bertz CT molecular complexity index is 412. The van der Waals surface area contributed by atoms with Gasteiger partial charge in [-0.05, 0) is 32.3 Å².